The molecule has 0 radical (unpaired) electrons. The standard InChI is InChI=1S/C18H18FNO2/c1-13(17-3-2-12-22-17)20(16-9-10-16)18(21)11-6-14-4-7-15(19)8-5-14/h2-8,11-13,16H,9-10H2,1H3/b11-6+. The first-order chi connectivity index (χ1) is 10.6. The Labute approximate surface area is 129 Å². The molecule has 0 spiro atoms. The van der Waals surface area contributed by atoms with Crippen LogP contribution in [0.25, 0.3) is 6.08 Å². The summed E-state index contributed by atoms with van der Waals surface area (Å²) >= 11 is 0. The number of carbonyl (C=O) groups excluding carboxylic acids is 1. The number of rotatable bonds is 5. The number of carbonyl (C=O) groups is 1. The molecule has 0 aliphatic heterocycles. The lowest BCUT2D eigenvalue weighted by Gasteiger charge is -2.26. The smallest absolute Gasteiger partial charge is 0.247 e. The zero-order chi connectivity index (χ0) is 15.5. The Balaban J connectivity index is 1.74. The van der Waals surface area contributed by atoms with Crippen LogP contribution in [0.5, 0.6) is 0 Å². The lowest BCUT2D eigenvalue weighted by molar-refractivity contribution is -0.129. The van der Waals surface area contributed by atoms with Crippen molar-refractivity contribution in [1.29, 1.82) is 0 Å². The van der Waals surface area contributed by atoms with Crippen LogP contribution >= 0.6 is 0 Å². The minimum Gasteiger partial charge on any atom is -0.467 e. The van der Waals surface area contributed by atoms with E-state index in [0.717, 1.165) is 24.2 Å². The predicted octanol–water partition coefficient (Wildman–Crippen LogP) is 4.18. The van der Waals surface area contributed by atoms with Crippen LogP contribution < -0.4 is 0 Å². The summed E-state index contributed by atoms with van der Waals surface area (Å²) in [4.78, 5) is 14.4. The first kappa shape index (κ1) is 14.6. The van der Waals surface area contributed by atoms with Gasteiger partial charge in [-0.15, -0.1) is 0 Å². The molecule has 1 unspecified atom stereocenters. The summed E-state index contributed by atoms with van der Waals surface area (Å²) in [7, 11) is 0. The van der Waals surface area contributed by atoms with Gasteiger partial charge in [-0.25, -0.2) is 4.39 Å². The van der Waals surface area contributed by atoms with Crippen molar-refractivity contribution in [3.63, 3.8) is 0 Å². The third kappa shape index (κ3) is 3.27. The van der Waals surface area contributed by atoms with E-state index in [2.05, 4.69) is 0 Å². The molecular formula is C18H18FNO2. The molecule has 0 saturated heterocycles. The van der Waals surface area contributed by atoms with E-state index >= 15 is 0 Å². The first-order valence-electron chi connectivity index (χ1n) is 7.44. The molecule has 3 nitrogen and oxygen atoms in total. The summed E-state index contributed by atoms with van der Waals surface area (Å²) in [6.45, 7) is 1.97. The third-order valence-electron chi connectivity index (χ3n) is 3.86. The fourth-order valence-electron chi connectivity index (χ4n) is 2.53. The van der Waals surface area contributed by atoms with Crippen molar-refractivity contribution in [2.45, 2.75) is 31.8 Å². The van der Waals surface area contributed by atoms with E-state index in [4.69, 9.17) is 4.42 Å². The van der Waals surface area contributed by atoms with Gasteiger partial charge in [-0.05, 0) is 55.7 Å². The number of hydrogen-bond donors (Lipinski definition) is 0. The number of halogens is 1. The number of hydrogen-bond acceptors (Lipinski definition) is 2. The SMILES string of the molecule is CC(c1ccco1)N(C(=O)/C=C/c1ccc(F)cc1)C1CC1. The fourth-order valence-corrected chi connectivity index (χ4v) is 2.53. The zero-order valence-corrected chi connectivity index (χ0v) is 12.4. The second kappa shape index (κ2) is 6.18. The maximum atomic E-state index is 12.9. The average molecular weight is 299 g/mol. The summed E-state index contributed by atoms with van der Waals surface area (Å²) in [5.41, 5.74) is 0.802. The molecular weight excluding hydrogens is 281 g/mol. The van der Waals surface area contributed by atoms with E-state index in [1.165, 1.54) is 12.1 Å². The van der Waals surface area contributed by atoms with E-state index in [1.54, 1.807) is 30.5 Å². The molecule has 0 N–H and O–H groups in total. The Kier molecular flexibility index (Phi) is 4.09. The van der Waals surface area contributed by atoms with Gasteiger partial charge in [0.2, 0.25) is 5.91 Å². The summed E-state index contributed by atoms with van der Waals surface area (Å²) in [6, 6.07) is 9.97. The van der Waals surface area contributed by atoms with Crippen molar-refractivity contribution in [3.8, 4) is 0 Å². The summed E-state index contributed by atoms with van der Waals surface area (Å²) in [5, 5.41) is 0. The molecule has 0 bridgehead atoms. The molecule has 1 saturated carbocycles. The number of furan rings is 1. The number of nitrogens with zero attached hydrogens (tertiary/aromatic N) is 1. The molecule has 1 atom stereocenters. The van der Waals surface area contributed by atoms with Crippen molar-refractivity contribution < 1.29 is 13.6 Å². The van der Waals surface area contributed by atoms with Crippen LogP contribution in [0, 0.1) is 5.82 Å². The quantitative estimate of drug-likeness (QED) is 0.776. The minimum atomic E-state index is -0.283. The van der Waals surface area contributed by atoms with Gasteiger partial charge < -0.3 is 9.32 Å². The van der Waals surface area contributed by atoms with Crippen LogP contribution in [0.4, 0.5) is 4.39 Å². The Bertz CT molecular complexity index is 657. The first-order valence-corrected chi connectivity index (χ1v) is 7.44. The topological polar surface area (TPSA) is 33.5 Å². The zero-order valence-electron chi connectivity index (χ0n) is 12.4. The molecule has 1 aliphatic carbocycles. The number of benzene rings is 1. The molecule has 1 fully saturated rings. The van der Waals surface area contributed by atoms with Gasteiger partial charge in [0.05, 0.1) is 12.3 Å². The van der Waals surface area contributed by atoms with Gasteiger partial charge in [-0.2, -0.15) is 0 Å². The molecule has 3 rings (SSSR count). The Morgan fingerprint density at radius 1 is 1.32 bits per heavy atom. The minimum absolute atomic E-state index is 0.0456. The van der Waals surface area contributed by atoms with Crippen LogP contribution in [0.15, 0.2) is 53.2 Å². The van der Waals surface area contributed by atoms with Gasteiger partial charge in [-0.1, -0.05) is 12.1 Å². The van der Waals surface area contributed by atoms with E-state index in [1.807, 2.05) is 24.0 Å². The molecule has 1 aromatic heterocycles. The highest BCUT2D eigenvalue weighted by Crippen LogP contribution is 2.34. The van der Waals surface area contributed by atoms with Gasteiger partial charge >= 0.3 is 0 Å². The third-order valence-corrected chi connectivity index (χ3v) is 3.86. The molecule has 1 aliphatic rings. The summed E-state index contributed by atoms with van der Waals surface area (Å²) in [5.74, 6) is 0.459. The fraction of sp³-hybridized carbons (Fsp3) is 0.278. The Hall–Kier alpha value is -2.36. The molecule has 22 heavy (non-hydrogen) atoms. The van der Waals surface area contributed by atoms with E-state index in [-0.39, 0.29) is 23.8 Å². The van der Waals surface area contributed by atoms with Gasteiger partial charge in [0.15, 0.2) is 0 Å². The molecule has 1 aromatic carbocycles. The van der Waals surface area contributed by atoms with Crippen molar-refractivity contribution in [3.05, 3.63) is 65.9 Å². The molecule has 4 heteroatoms. The molecule has 2 aromatic rings. The number of amides is 1. The van der Waals surface area contributed by atoms with Crippen LogP contribution in [-0.2, 0) is 4.79 Å². The summed E-state index contributed by atoms with van der Waals surface area (Å²) in [6.07, 6.45) is 6.94. The largest absolute Gasteiger partial charge is 0.467 e. The molecule has 1 amide bonds. The highest BCUT2D eigenvalue weighted by molar-refractivity contribution is 5.92. The van der Waals surface area contributed by atoms with Crippen LogP contribution in [-0.4, -0.2) is 16.8 Å². The van der Waals surface area contributed by atoms with Crippen molar-refractivity contribution >= 4 is 12.0 Å². The predicted molar refractivity (Wildman–Crippen MR) is 82.4 cm³/mol. The lowest BCUT2D eigenvalue weighted by atomic mass is 10.1. The maximum Gasteiger partial charge on any atom is 0.247 e. The van der Waals surface area contributed by atoms with Crippen LogP contribution in [0.2, 0.25) is 0 Å². The average Bonchev–Trinajstić information content (AvgIpc) is 3.18. The van der Waals surface area contributed by atoms with E-state index < -0.39 is 0 Å². The van der Waals surface area contributed by atoms with Gasteiger partial charge in [0.1, 0.15) is 11.6 Å². The van der Waals surface area contributed by atoms with Crippen LogP contribution in [0.1, 0.15) is 37.1 Å². The second-order valence-corrected chi connectivity index (χ2v) is 5.55. The Morgan fingerprint density at radius 2 is 2.05 bits per heavy atom. The van der Waals surface area contributed by atoms with E-state index in [9.17, 15) is 9.18 Å². The van der Waals surface area contributed by atoms with E-state index in [0.29, 0.717) is 0 Å². The monoisotopic (exact) mass is 299 g/mol. The van der Waals surface area contributed by atoms with Gasteiger partial charge in [-0.3, -0.25) is 4.79 Å². The maximum absolute atomic E-state index is 12.9. The highest BCUT2D eigenvalue weighted by Gasteiger charge is 2.36. The summed E-state index contributed by atoms with van der Waals surface area (Å²) < 4.78 is 18.3. The van der Waals surface area contributed by atoms with Crippen molar-refractivity contribution in [2.75, 3.05) is 0 Å². The van der Waals surface area contributed by atoms with Gasteiger partial charge in [0.25, 0.3) is 0 Å². The normalized spacial score (nSPS) is 15.9. The Morgan fingerprint density at radius 3 is 2.64 bits per heavy atom. The molecule has 114 valence electrons. The van der Waals surface area contributed by atoms with Crippen molar-refractivity contribution in [2.24, 2.45) is 0 Å². The highest BCUT2D eigenvalue weighted by atomic mass is 19.1. The van der Waals surface area contributed by atoms with Crippen LogP contribution in [0.3, 0.4) is 0 Å². The molecule has 1 heterocycles. The second-order valence-electron chi connectivity index (χ2n) is 5.55. The lowest BCUT2D eigenvalue weighted by Crippen LogP contribution is -2.34. The van der Waals surface area contributed by atoms with Crippen molar-refractivity contribution in [1.82, 2.24) is 4.90 Å². The van der Waals surface area contributed by atoms with Gasteiger partial charge in [0, 0.05) is 12.1 Å².